The van der Waals surface area contributed by atoms with Crippen molar-refractivity contribution < 1.29 is 14.7 Å². The molecule has 10 heteroatoms. The van der Waals surface area contributed by atoms with Crippen molar-refractivity contribution in [2.45, 2.75) is 13.8 Å². The second kappa shape index (κ2) is 9.39. The number of Topliss-reactive ketones (excluding diaryl/α,β-unsaturated/α-hetero) is 1. The highest BCUT2D eigenvalue weighted by molar-refractivity contribution is 6.44. The van der Waals surface area contributed by atoms with Crippen LogP contribution in [0.15, 0.2) is 52.0 Å². The quantitative estimate of drug-likeness (QED) is 0.217. The van der Waals surface area contributed by atoms with Crippen molar-refractivity contribution in [1.82, 2.24) is 0 Å². The van der Waals surface area contributed by atoms with Gasteiger partial charge in [0.05, 0.1) is 25.8 Å². The number of nitrogens with one attached hydrogen (secondary N) is 1. The van der Waals surface area contributed by atoms with Crippen LogP contribution in [0.5, 0.6) is 0 Å². The molecule has 0 spiro atoms. The van der Waals surface area contributed by atoms with Crippen LogP contribution in [-0.2, 0) is 4.79 Å². The second-order valence-corrected chi connectivity index (χ2v) is 7.19. The van der Waals surface area contributed by atoms with Gasteiger partial charge in [-0.25, -0.2) is 0 Å². The maximum Gasteiger partial charge on any atom is 0.255 e. The van der Waals surface area contributed by atoms with Gasteiger partial charge in [-0.3, -0.25) is 9.59 Å². The van der Waals surface area contributed by atoms with E-state index >= 15 is 0 Å². The molecule has 2 aromatic rings. The van der Waals surface area contributed by atoms with Gasteiger partial charge in [0.15, 0.2) is 11.5 Å². The van der Waals surface area contributed by atoms with Crippen molar-refractivity contribution in [1.29, 1.82) is 0 Å². The number of hydrogen-bond donors (Lipinski definition) is 2. The van der Waals surface area contributed by atoms with Crippen LogP contribution in [0.1, 0.15) is 24.2 Å². The van der Waals surface area contributed by atoms with Crippen LogP contribution < -0.4 is 5.32 Å². The number of halogens is 4. The zero-order valence-corrected chi connectivity index (χ0v) is 17.6. The molecule has 2 aromatic carbocycles. The fraction of sp³-hybridized carbons (Fsp3) is 0.111. The third-order valence-electron chi connectivity index (χ3n) is 3.40. The van der Waals surface area contributed by atoms with Crippen molar-refractivity contribution in [3.05, 3.63) is 67.4 Å². The lowest BCUT2D eigenvalue weighted by Gasteiger charge is -2.09. The normalized spacial score (nSPS) is 12.1. The molecule has 0 aliphatic carbocycles. The molecular formula is C18H13Cl4N3O3. The first-order valence-electron chi connectivity index (χ1n) is 7.68. The number of aliphatic hydroxyl groups excluding tert-OH is 1. The predicted molar refractivity (Wildman–Crippen MR) is 111 cm³/mol. The Kier molecular flexibility index (Phi) is 7.43. The Balaban J connectivity index is 2.32. The van der Waals surface area contributed by atoms with E-state index in [2.05, 4.69) is 15.5 Å². The molecule has 0 bridgehead atoms. The average molecular weight is 461 g/mol. The first-order chi connectivity index (χ1) is 13.1. The van der Waals surface area contributed by atoms with E-state index in [1.165, 1.54) is 44.2 Å². The van der Waals surface area contributed by atoms with E-state index in [0.29, 0.717) is 0 Å². The zero-order valence-electron chi connectivity index (χ0n) is 14.6. The van der Waals surface area contributed by atoms with E-state index in [-0.39, 0.29) is 48.5 Å². The molecule has 0 atom stereocenters. The molecule has 1 amide bonds. The summed E-state index contributed by atoms with van der Waals surface area (Å²) >= 11 is 23.9. The summed E-state index contributed by atoms with van der Waals surface area (Å²) in [5, 5.41) is 20.6. The van der Waals surface area contributed by atoms with E-state index in [0.717, 1.165) is 0 Å². The number of allylic oxidation sites excluding steroid dienone is 2. The lowest BCUT2D eigenvalue weighted by Crippen LogP contribution is -2.12. The number of amides is 1. The molecule has 2 N–H and O–H groups in total. The third kappa shape index (κ3) is 5.45. The molecule has 6 nitrogen and oxygen atoms in total. The number of carbonyl (C=O) groups excluding carboxylic acids is 2. The van der Waals surface area contributed by atoms with Gasteiger partial charge >= 0.3 is 0 Å². The highest BCUT2D eigenvalue weighted by atomic mass is 35.5. The van der Waals surface area contributed by atoms with Crippen molar-refractivity contribution in [3.8, 4) is 0 Å². The summed E-state index contributed by atoms with van der Waals surface area (Å²) in [6.45, 7) is 2.54. The molecule has 0 unspecified atom stereocenters. The predicted octanol–water partition coefficient (Wildman–Crippen LogP) is 7.01. The van der Waals surface area contributed by atoms with Gasteiger partial charge in [0.2, 0.25) is 0 Å². The summed E-state index contributed by atoms with van der Waals surface area (Å²) in [5.74, 6) is -1.26. The Bertz CT molecular complexity index is 1020. The van der Waals surface area contributed by atoms with Gasteiger partial charge in [0, 0.05) is 12.5 Å². The summed E-state index contributed by atoms with van der Waals surface area (Å²) in [4.78, 5) is 24.0. The van der Waals surface area contributed by atoms with Gasteiger partial charge in [-0.05, 0) is 37.3 Å². The molecule has 2 rings (SSSR count). The van der Waals surface area contributed by atoms with E-state index in [1.807, 2.05) is 0 Å². The molecule has 146 valence electrons. The monoisotopic (exact) mass is 459 g/mol. The molecule has 0 aromatic heterocycles. The second-order valence-electron chi connectivity index (χ2n) is 5.56. The molecule has 0 aliphatic rings. The maximum absolute atomic E-state index is 12.5. The van der Waals surface area contributed by atoms with Gasteiger partial charge in [-0.1, -0.05) is 46.4 Å². The Morgan fingerprint density at radius 3 is 2.18 bits per heavy atom. The van der Waals surface area contributed by atoms with Crippen LogP contribution >= 0.6 is 46.4 Å². The van der Waals surface area contributed by atoms with Crippen molar-refractivity contribution >= 4 is 69.5 Å². The maximum atomic E-state index is 12.5. The highest BCUT2D eigenvalue weighted by Gasteiger charge is 2.13. The Morgan fingerprint density at radius 1 is 0.929 bits per heavy atom. The van der Waals surface area contributed by atoms with Gasteiger partial charge in [0.1, 0.15) is 11.4 Å². The highest BCUT2D eigenvalue weighted by Crippen LogP contribution is 2.33. The number of carbonyl (C=O) groups is 2. The number of hydrogen-bond acceptors (Lipinski definition) is 5. The number of benzene rings is 2. The summed E-state index contributed by atoms with van der Waals surface area (Å²) < 4.78 is 0. The fourth-order valence-corrected chi connectivity index (χ4v) is 2.79. The van der Waals surface area contributed by atoms with Crippen molar-refractivity contribution in [3.63, 3.8) is 0 Å². The van der Waals surface area contributed by atoms with Crippen LogP contribution in [0.25, 0.3) is 0 Å². The minimum atomic E-state index is -0.505. The molecule has 0 saturated heterocycles. The fourth-order valence-electron chi connectivity index (χ4n) is 2.04. The number of aliphatic hydroxyl groups is 1. The summed E-state index contributed by atoms with van der Waals surface area (Å²) in [6, 6.07) is 7.13. The standard InChI is InChI=1S/C18H13Cl4N3O3/c1-8(26)17(9(2)27)25-24-16-5-10(3-4-11(16)19)18(28)23-15-7-13(21)12(20)6-14(15)22/h3-7,26H,1-2H3,(H,23,28)/b17-8+,25-24?. The number of anilines is 1. The molecule has 0 heterocycles. The van der Waals surface area contributed by atoms with Gasteiger partial charge < -0.3 is 10.4 Å². The molecule has 0 radical (unpaired) electrons. The van der Waals surface area contributed by atoms with E-state index < -0.39 is 11.7 Å². The lowest BCUT2D eigenvalue weighted by atomic mass is 10.2. The Labute approximate surface area is 180 Å². The third-order valence-corrected chi connectivity index (χ3v) is 4.75. The van der Waals surface area contributed by atoms with Gasteiger partial charge in [-0.15, -0.1) is 10.2 Å². The van der Waals surface area contributed by atoms with Crippen LogP contribution in [0.2, 0.25) is 20.1 Å². The summed E-state index contributed by atoms with van der Waals surface area (Å²) in [5.41, 5.74) is 0.398. The summed E-state index contributed by atoms with van der Waals surface area (Å²) in [6.07, 6.45) is 0. The summed E-state index contributed by atoms with van der Waals surface area (Å²) in [7, 11) is 0. The average Bonchev–Trinajstić information content (AvgIpc) is 2.60. The van der Waals surface area contributed by atoms with Crippen LogP contribution in [-0.4, -0.2) is 16.8 Å². The minimum Gasteiger partial charge on any atom is -0.510 e. The van der Waals surface area contributed by atoms with Crippen LogP contribution in [0, 0.1) is 0 Å². The minimum absolute atomic E-state index is 0.134. The van der Waals surface area contributed by atoms with Crippen molar-refractivity contribution in [2.75, 3.05) is 5.32 Å². The largest absolute Gasteiger partial charge is 0.510 e. The number of nitrogens with zero attached hydrogens (tertiary/aromatic N) is 2. The molecule has 0 saturated carbocycles. The number of ketones is 1. The molecule has 0 fully saturated rings. The van der Waals surface area contributed by atoms with E-state index in [1.54, 1.807) is 0 Å². The Hall–Kier alpha value is -2.12. The SMILES string of the molecule is CC(=O)/C(N=Nc1cc(C(=O)Nc2cc(Cl)c(Cl)cc2Cl)ccc1Cl)=C(/C)O. The Morgan fingerprint density at radius 2 is 1.57 bits per heavy atom. The smallest absolute Gasteiger partial charge is 0.255 e. The molecule has 28 heavy (non-hydrogen) atoms. The van der Waals surface area contributed by atoms with E-state index in [9.17, 15) is 14.7 Å². The number of rotatable bonds is 5. The van der Waals surface area contributed by atoms with Crippen LogP contribution in [0.3, 0.4) is 0 Å². The van der Waals surface area contributed by atoms with Gasteiger partial charge in [0.25, 0.3) is 5.91 Å². The zero-order chi connectivity index (χ0) is 21.0. The lowest BCUT2D eigenvalue weighted by molar-refractivity contribution is -0.113. The first kappa shape index (κ1) is 22.2. The first-order valence-corrected chi connectivity index (χ1v) is 9.19. The van der Waals surface area contributed by atoms with Gasteiger partial charge in [-0.2, -0.15) is 0 Å². The topological polar surface area (TPSA) is 91.1 Å². The van der Waals surface area contributed by atoms with E-state index in [4.69, 9.17) is 46.4 Å². The number of azo groups is 1. The molecular weight excluding hydrogens is 448 g/mol. The van der Waals surface area contributed by atoms with Crippen molar-refractivity contribution in [2.24, 2.45) is 10.2 Å². The molecule has 0 aliphatic heterocycles. The van der Waals surface area contributed by atoms with Crippen LogP contribution in [0.4, 0.5) is 11.4 Å².